The predicted octanol–water partition coefficient (Wildman–Crippen LogP) is 6.14. The van der Waals surface area contributed by atoms with Crippen molar-refractivity contribution >= 4 is 50.7 Å². The number of aryl methyl sites for hydroxylation is 2. The smallest absolute Gasteiger partial charge is 0.264 e. The van der Waals surface area contributed by atoms with Crippen LogP contribution in [0.15, 0.2) is 71.6 Å². The van der Waals surface area contributed by atoms with Gasteiger partial charge < -0.3 is 10.2 Å². The number of halogens is 2. The molecule has 0 bridgehead atoms. The molecule has 40 heavy (non-hydrogen) atoms. The molecule has 1 atom stereocenters. The van der Waals surface area contributed by atoms with Gasteiger partial charge in [0, 0.05) is 12.1 Å². The fraction of sp³-hybridized carbons (Fsp3) is 0.333. The van der Waals surface area contributed by atoms with E-state index in [0.29, 0.717) is 0 Å². The molecule has 0 saturated heterocycles. The van der Waals surface area contributed by atoms with E-state index in [1.54, 1.807) is 19.1 Å². The van der Waals surface area contributed by atoms with E-state index in [9.17, 15) is 18.0 Å². The molecule has 3 aromatic rings. The summed E-state index contributed by atoms with van der Waals surface area (Å²) >= 11 is 12.4. The van der Waals surface area contributed by atoms with E-state index in [1.807, 2.05) is 58.9 Å². The average molecular weight is 605 g/mol. The predicted molar refractivity (Wildman–Crippen MR) is 161 cm³/mol. The second kappa shape index (κ2) is 12.6. The van der Waals surface area contributed by atoms with Crippen LogP contribution >= 0.6 is 23.2 Å². The molecule has 0 unspecified atom stereocenters. The minimum atomic E-state index is -4.20. The van der Waals surface area contributed by atoms with Gasteiger partial charge in [0.05, 0.1) is 20.6 Å². The van der Waals surface area contributed by atoms with Gasteiger partial charge in [-0.25, -0.2) is 8.42 Å². The second-order valence-corrected chi connectivity index (χ2v) is 13.5. The topological polar surface area (TPSA) is 86.8 Å². The lowest BCUT2D eigenvalue weighted by atomic mass is 10.1. The molecule has 0 saturated carbocycles. The number of anilines is 1. The number of nitrogens with zero attached hydrogens (tertiary/aromatic N) is 2. The Morgan fingerprint density at radius 3 is 2.12 bits per heavy atom. The Morgan fingerprint density at radius 1 is 0.925 bits per heavy atom. The van der Waals surface area contributed by atoms with Crippen LogP contribution in [0.5, 0.6) is 0 Å². The fourth-order valence-electron chi connectivity index (χ4n) is 4.03. The molecular formula is C30H35Cl2N3O4S. The first-order valence-corrected chi connectivity index (χ1v) is 15.0. The molecule has 0 heterocycles. The minimum Gasteiger partial charge on any atom is -0.350 e. The van der Waals surface area contributed by atoms with Gasteiger partial charge in [-0.05, 0) is 83.0 Å². The van der Waals surface area contributed by atoms with Crippen LogP contribution in [0.25, 0.3) is 0 Å². The highest BCUT2D eigenvalue weighted by Gasteiger charge is 2.33. The van der Waals surface area contributed by atoms with Gasteiger partial charge in [-0.1, -0.05) is 65.2 Å². The summed E-state index contributed by atoms with van der Waals surface area (Å²) in [5, 5.41) is 3.31. The molecule has 0 fully saturated rings. The molecule has 0 aliphatic carbocycles. The van der Waals surface area contributed by atoms with Gasteiger partial charge in [0.15, 0.2) is 0 Å². The molecule has 7 nitrogen and oxygen atoms in total. The van der Waals surface area contributed by atoms with E-state index in [-0.39, 0.29) is 33.1 Å². The summed E-state index contributed by atoms with van der Waals surface area (Å²) in [6.45, 7) is 10.5. The molecule has 3 aromatic carbocycles. The van der Waals surface area contributed by atoms with E-state index in [1.165, 1.54) is 35.2 Å². The summed E-state index contributed by atoms with van der Waals surface area (Å²) in [5.41, 5.74) is 2.32. The average Bonchev–Trinajstić information content (AvgIpc) is 2.87. The maximum atomic E-state index is 14.0. The monoisotopic (exact) mass is 603 g/mol. The largest absolute Gasteiger partial charge is 0.350 e. The minimum absolute atomic E-state index is 0.0148. The van der Waals surface area contributed by atoms with E-state index in [4.69, 9.17) is 23.2 Å². The SMILES string of the molecule is Cc1ccc(S(=O)(=O)N(CC(=O)N(Cc2ccccc2C)[C@@H](C)C(=O)NC(C)(C)C)c2ccc(Cl)c(Cl)c2)cc1. The number of hydrogen-bond acceptors (Lipinski definition) is 4. The van der Waals surface area contributed by atoms with Gasteiger partial charge in [0.1, 0.15) is 12.6 Å². The van der Waals surface area contributed by atoms with Crippen LogP contribution in [0.4, 0.5) is 5.69 Å². The first-order valence-electron chi connectivity index (χ1n) is 12.8. The molecular weight excluding hydrogens is 569 g/mol. The molecule has 0 aliphatic heterocycles. The van der Waals surface area contributed by atoms with Crippen molar-refractivity contribution in [2.75, 3.05) is 10.8 Å². The maximum Gasteiger partial charge on any atom is 0.264 e. The van der Waals surface area contributed by atoms with Crippen LogP contribution in [-0.2, 0) is 26.2 Å². The van der Waals surface area contributed by atoms with Gasteiger partial charge in [0.2, 0.25) is 11.8 Å². The lowest BCUT2D eigenvalue weighted by molar-refractivity contribution is -0.140. The quantitative estimate of drug-likeness (QED) is 0.318. The second-order valence-electron chi connectivity index (χ2n) is 10.8. The highest BCUT2D eigenvalue weighted by Crippen LogP contribution is 2.31. The van der Waals surface area contributed by atoms with Crippen molar-refractivity contribution in [3.05, 3.63) is 93.5 Å². The van der Waals surface area contributed by atoms with Crippen molar-refractivity contribution < 1.29 is 18.0 Å². The van der Waals surface area contributed by atoms with E-state index >= 15 is 0 Å². The molecule has 214 valence electrons. The third-order valence-corrected chi connectivity index (χ3v) is 8.87. The third kappa shape index (κ3) is 7.77. The van der Waals surface area contributed by atoms with Crippen LogP contribution in [0.3, 0.4) is 0 Å². The van der Waals surface area contributed by atoms with Crippen molar-refractivity contribution in [3.63, 3.8) is 0 Å². The molecule has 0 aliphatic rings. The van der Waals surface area contributed by atoms with Crippen molar-refractivity contribution in [3.8, 4) is 0 Å². The van der Waals surface area contributed by atoms with E-state index in [2.05, 4.69) is 5.32 Å². The number of amides is 2. The molecule has 0 aromatic heterocycles. The summed E-state index contributed by atoms with van der Waals surface area (Å²) in [4.78, 5) is 28.6. The Hall–Kier alpha value is -3.07. The van der Waals surface area contributed by atoms with Crippen LogP contribution < -0.4 is 9.62 Å². The van der Waals surface area contributed by atoms with Crippen LogP contribution in [0, 0.1) is 13.8 Å². The number of benzene rings is 3. The van der Waals surface area contributed by atoms with Crippen LogP contribution in [0.2, 0.25) is 10.0 Å². The van der Waals surface area contributed by atoms with Crippen molar-refractivity contribution in [1.29, 1.82) is 0 Å². The molecule has 0 spiro atoms. The molecule has 2 amide bonds. The molecule has 3 rings (SSSR count). The molecule has 10 heteroatoms. The van der Waals surface area contributed by atoms with E-state index < -0.39 is 34.1 Å². The van der Waals surface area contributed by atoms with Gasteiger partial charge in [-0.15, -0.1) is 0 Å². The zero-order valence-electron chi connectivity index (χ0n) is 23.5. The summed E-state index contributed by atoms with van der Waals surface area (Å²) in [7, 11) is -4.20. The van der Waals surface area contributed by atoms with Gasteiger partial charge in [0.25, 0.3) is 10.0 Å². The standard InChI is InChI=1S/C30H35Cl2N3O4S/c1-20-11-14-25(15-12-20)40(38,39)35(24-13-16-26(31)27(32)17-24)19-28(36)34(18-23-10-8-7-9-21(23)2)22(3)29(37)33-30(4,5)6/h7-17,22H,18-19H2,1-6H3,(H,33,37)/t22-/m0/s1. The lowest BCUT2D eigenvalue weighted by Gasteiger charge is -2.33. The summed E-state index contributed by atoms with van der Waals surface area (Å²) in [5.74, 6) is -0.904. The Bertz CT molecular complexity index is 1490. The summed E-state index contributed by atoms with van der Waals surface area (Å²) in [6, 6.07) is 17.4. The summed E-state index contributed by atoms with van der Waals surface area (Å²) in [6.07, 6.45) is 0. The Labute approximate surface area is 247 Å². The number of nitrogens with one attached hydrogen (secondary N) is 1. The third-order valence-electron chi connectivity index (χ3n) is 6.35. The normalized spacial score (nSPS) is 12.5. The Morgan fingerprint density at radius 2 is 1.55 bits per heavy atom. The number of rotatable bonds is 9. The number of carbonyl (C=O) groups excluding carboxylic acids is 2. The highest BCUT2D eigenvalue weighted by atomic mass is 35.5. The van der Waals surface area contributed by atoms with Crippen LogP contribution in [0.1, 0.15) is 44.4 Å². The lowest BCUT2D eigenvalue weighted by Crippen LogP contribution is -2.54. The molecule has 0 radical (unpaired) electrons. The summed E-state index contributed by atoms with van der Waals surface area (Å²) < 4.78 is 28.8. The zero-order chi connectivity index (χ0) is 29.8. The molecule has 1 N–H and O–H groups in total. The van der Waals surface area contributed by atoms with E-state index in [0.717, 1.165) is 21.0 Å². The first-order chi connectivity index (χ1) is 18.6. The first kappa shape index (κ1) is 31.5. The van der Waals surface area contributed by atoms with Gasteiger partial charge in [-0.3, -0.25) is 13.9 Å². The van der Waals surface area contributed by atoms with Crippen LogP contribution in [-0.4, -0.2) is 43.3 Å². The van der Waals surface area contributed by atoms with Gasteiger partial charge in [-0.2, -0.15) is 0 Å². The maximum absolute atomic E-state index is 14.0. The highest BCUT2D eigenvalue weighted by molar-refractivity contribution is 7.92. The zero-order valence-corrected chi connectivity index (χ0v) is 25.9. The van der Waals surface area contributed by atoms with Crippen molar-refractivity contribution in [2.45, 2.75) is 64.6 Å². The number of hydrogen-bond donors (Lipinski definition) is 1. The Kier molecular flexibility index (Phi) is 9.93. The number of sulfonamides is 1. The fourth-order valence-corrected chi connectivity index (χ4v) is 5.73. The Balaban J connectivity index is 2.08. The van der Waals surface area contributed by atoms with Gasteiger partial charge >= 0.3 is 0 Å². The number of carbonyl (C=O) groups is 2. The van der Waals surface area contributed by atoms with Crippen molar-refractivity contribution in [2.24, 2.45) is 0 Å². The van der Waals surface area contributed by atoms with Crippen molar-refractivity contribution in [1.82, 2.24) is 10.2 Å².